The lowest BCUT2D eigenvalue weighted by Gasteiger charge is -1.82. The molecule has 0 aromatic carbocycles. The summed E-state index contributed by atoms with van der Waals surface area (Å²) in [5.74, 6) is 0. The Labute approximate surface area is 94.7 Å². The minimum atomic E-state index is 0.592. The van der Waals surface area contributed by atoms with Gasteiger partial charge in [0.15, 0.2) is 5.13 Å². The van der Waals surface area contributed by atoms with Crippen molar-refractivity contribution in [3.05, 3.63) is 32.4 Å². The molecule has 72 valence electrons. The number of nitrogens with two attached hydrogens (primary N) is 1. The molecule has 0 saturated carbocycles. The van der Waals surface area contributed by atoms with Crippen molar-refractivity contribution >= 4 is 51.6 Å². The molecule has 0 aliphatic rings. The van der Waals surface area contributed by atoms with Crippen LogP contribution in [-0.2, 0) is 0 Å². The van der Waals surface area contributed by atoms with Crippen molar-refractivity contribution in [3.63, 3.8) is 0 Å². The molecular weight excluding hydrogens is 236 g/mol. The van der Waals surface area contributed by atoms with E-state index in [-0.39, 0.29) is 0 Å². The molecular formula is C9H7ClN2S2. The van der Waals surface area contributed by atoms with Crippen LogP contribution in [0.1, 0.15) is 10.6 Å². The van der Waals surface area contributed by atoms with E-state index < -0.39 is 0 Å². The molecule has 0 radical (unpaired) electrons. The van der Waals surface area contributed by atoms with Crippen molar-refractivity contribution in [2.75, 3.05) is 5.73 Å². The zero-order valence-electron chi connectivity index (χ0n) is 7.11. The van der Waals surface area contributed by atoms with Gasteiger partial charge in [0.25, 0.3) is 0 Å². The Morgan fingerprint density at radius 1 is 1.36 bits per heavy atom. The molecule has 14 heavy (non-hydrogen) atoms. The lowest BCUT2D eigenvalue weighted by Crippen LogP contribution is -1.80. The first kappa shape index (κ1) is 9.71. The Balaban J connectivity index is 2.14. The van der Waals surface area contributed by atoms with Gasteiger partial charge in [0.2, 0.25) is 0 Å². The van der Waals surface area contributed by atoms with E-state index in [9.17, 15) is 0 Å². The van der Waals surface area contributed by atoms with Crippen molar-refractivity contribution in [1.29, 1.82) is 0 Å². The third kappa shape index (κ3) is 2.35. The number of nitrogens with zero attached hydrogens (tertiary/aromatic N) is 1. The molecule has 0 fully saturated rings. The highest BCUT2D eigenvalue weighted by Crippen LogP contribution is 2.23. The number of halogens is 1. The monoisotopic (exact) mass is 242 g/mol. The highest BCUT2D eigenvalue weighted by atomic mass is 35.5. The maximum Gasteiger partial charge on any atom is 0.180 e. The quantitative estimate of drug-likeness (QED) is 0.874. The van der Waals surface area contributed by atoms with Gasteiger partial charge < -0.3 is 5.73 Å². The lowest BCUT2D eigenvalue weighted by atomic mass is 10.4. The third-order valence-electron chi connectivity index (χ3n) is 1.55. The summed E-state index contributed by atoms with van der Waals surface area (Å²) in [5, 5.41) is 2.51. The van der Waals surface area contributed by atoms with Crippen LogP contribution in [0.5, 0.6) is 0 Å². The fourth-order valence-corrected chi connectivity index (χ4v) is 2.46. The van der Waals surface area contributed by atoms with E-state index >= 15 is 0 Å². The van der Waals surface area contributed by atoms with Gasteiger partial charge in [-0.25, -0.2) is 4.98 Å². The summed E-state index contributed by atoms with van der Waals surface area (Å²) in [7, 11) is 0. The van der Waals surface area contributed by atoms with E-state index in [4.69, 9.17) is 17.3 Å². The highest BCUT2D eigenvalue weighted by molar-refractivity contribution is 7.17. The summed E-state index contributed by atoms with van der Waals surface area (Å²) in [6.07, 6.45) is 3.90. The smallest absolute Gasteiger partial charge is 0.180 e. The number of thiophene rings is 1. The Bertz CT molecular complexity index is 417. The average molecular weight is 243 g/mol. The molecule has 2 nitrogen and oxygen atoms in total. The lowest BCUT2D eigenvalue weighted by molar-refractivity contribution is 1.39. The second-order valence-corrected chi connectivity index (χ2v) is 5.22. The Morgan fingerprint density at radius 2 is 2.21 bits per heavy atom. The Kier molecular flexibility index (Phi) is 2.86. The van der Waals surface area contributed by atoms with E-state index in [1.165, 1.54) is 22.7 Å². The molecule has 2 heterocycles. The van der Waals surface area contributed by atoms with Crippen molar-refractivity contribution < 1.29 is 0 Å². The normalized spacial score (nSPS) is 11.2. The molecule has 0 spiro atoms. The number of hydrogen-bond acceptors (Lipinski definition) is 4. The minimum Gasteiger partial charge on any atom is -0.375 e. The van der Waals surface area contributed by atoms with Gasteiger partial charge in [0, 0.05) is 10.3 Å². The van der Waals surface area contributed by atoms with E-state index in [0.29, 0.717) is 5.13 Å². The largest absolute Gasteiger partial charge is 0.375 e. The van der Waals surface area contributed by atoms with Crippen molar-refractivity contribution in [3.8, 4) is 0 Å². The summed E-state index contributed by atoms with van der Waals surface area (Å²) in [6, 6.07) is 3.85. The van der Waals surface area contributed by atoms with Crippen LogP contribution < -0.4 is 5.73 Å². The second-order valence-electron chi connectivity index (χ2n) is 2.59. The molecule has 5 heteroatoms. The molecule has 0 aliphatic carbocycles. The standard InChI is InChI=1S/C9H7ClN2S2/c10-8-4-3-7(14-8)2-1-6-5-13-9(11)12-6/h1-5H,(H2,11,12). The highest BCUT2D eigenvalue weighted by Gasteiger charge is 1.95. The van der Waals surface area contributed by atoms with Gasteiger partial charge in [-0.2, -0.15) is 0 Å². The zero-order chi connectivity index (χ0) is 9.97. The number of hydrogen-bond donors (Lipinski definition) is 1. The van der Waals surface area contributed by atoms with Gasteiger partial charge in [0.05, 0.1) is 10.0 Å². The van der Waals surface area contributed by atoms with Crippen LogP contribution in [0, 0.1) is 0 Å². The molecule has 2 N–H and O–H groups in total. The fourth-order valence-electron chi connectivity index (χ4n) is 0.963. The summed E-state index contributed by atoms with van der Waals surface area (Å²) >= 11 is 8.77. The fraction of sp³-hybridized carbons (Fsp3) is 0. The predicted molar refractivity (Wildman–Crippen MR) is 64.8 cm³/mol. The molecule has 0 aliphatic heterocycles. The van der Waals surface area contributed by atoms with Gasteiger partial charge in [-0.05, 0) is 24.3 Å². The van der Waals surface area contributed by atoms with Crippen LogP contribution in [0.25, 0.3) is 12.2 Å². The van der Waals surface area contributed by atoms with Crippen LogP contribution >= 0.6 is 34.3 Å². The Morgan fingerprint density at radius 3 is 2.79 bits per heavy atom. The molecule has 0 bridgehead atoms. The summed E-state index contributed by atoms with van der Waals surface area (Å²) in [5.41, 5.74) is 6.39. The van der Waals surface area contributed by atoms with E-state index in [1.807, 2.05) is 29.7 Å². The summed E-state index contributed by atoms with van der Waals surface area (Å²) < 4.78 is 0.794. The first-order chi connectivity index (χ1) is 6.74. The van der Waals surface area contributed by atoms with E-state index in [0.717, 1.165) is 14.9 Å². The van der Waals surface area contributed by atoms with Gasteiger partial charge in [-0.3, -0.25) is 0 Å². The molecule has 0 atom stereocenters. The van der Waals surface area contributed by atoms with Gasteiger partial charge in [-0.15, -0.1) is 22.7 Å². The number of nitrogen functional groups attached to an aromatic ring is 1. The van der Waals surface area contributed by atoms with Crippen LogP contribution in [0.15, 0.2) is 17.5 Å². The Hall–Kier alpha value is -0.840. The van der Waals surface area contributed by atoms with Crippen molar-refractivity contribution in [2.45, 2.75) is 0 Å². The number of anilines is 1. The molecule has 2 rings (SSSR count). The summed E-state index contributed by atoms with van der Waals surface area (Å²) in [6.45, 7) is 0. The van der Waals surface area contributed by atoms with E-state index in [1.54, 1.807) is 0 Å². The molecule has 0 amide bonds. The topological polar surface area (TPSA) is 38.9 Å². The van der Waals surface area contributed by atoms with Crippen molar-refractivity contribution in [1.82, 2.24) is 4.98 Å². The van der Waals surface area contributed by atoms with E-state index in [2.05, 4.69) is 4.98 Å². The number of thiazole rings is 1. The SMILES string of the molecule is Nc1nc(C=Cc2ccc(Cl)s2)cs1. The maximum absolute atomic E-state index is 5.80. The van der Waals surface area contributed by atoms with Crippen molar-refractivity contribution in [2.24, 2.45) is 0 Å². The van der Waals surface area contributed by atoms with Gasteiger partial charge >= 0.3 is 0 Å². The van der Waals surface area contributed by atoms with Crippen LogP contribution in [0.3, 0.4) is 0 Å². The molecule has 0 saturated heterocycles. The molecule has 2 aromatic heterocycles. The number of rotatable bonds is 2. The zero-order valence-corrected chi connectivity index (χ0v) is 9.49. The third-order valence-corrected chi connectivity index (χ3v) is 3.44. The summed E-state index contributed by atoms with van der Waals surface area (Å²) in [4.78, 5) is 5.23. The minimum absolute atomic E-state index is 0.592. The van der Waals surface area contributed by atoms with Gasteiger partial charge in [-0.1, -0.05) is 11.6 Å². The first-order valence-electron chi connectivity index (χ1n) is 3.88. The predicted octanol–water partition coefficient (Wildman–Crippen LogP) is 3.61. The first-order valence-corrected chi connectivity index (χ1v) is 5.96. The van der Waals surface area contributed by atoms with Crippen LogP contribution in [0.4, 0.5) is 5.13 Å². The van der Waals surface area contributed by atoms with Gasteiger partial charge in [0.1, 0.15) is 0 Å². The molecule has 0 unspecified atom stereocenters. The van der Waals surface area contributed by atoms with Crippen LogP contribution in [-0.4, -0.2) is 4.98 Å². The second kappa shape index (κ2) is 4.13. The number of aromatic nitrogens is 1. The molecule has 2 aromatic rings. The van der Waals surface area contributed by atoms with Crippen LogP contribution in [0.2, 0.25) is 4.34 Å². The average Bonchev–Trinajstić information content (AvgIpc) is 2.72. The maximum atomic E-state index is 5.80.